The lowest BCUT2D eigenvalue weighted by atomic mass is 10.00. The van der Waals surface area contributed by atoms with Gasteiger partial charge in [-0.25, -0.2) is 4.79 Å². The molecule has 0 spiro atoms. The van der Waals surface area contributed by atoms with Crippen LogP contribution < -0.4 is 5.73 Å². The standard InChI is InChI=1S/C17H19N5O2/c1-4-24-17(23)14-15(18)22-16(20-19-14)12(13(21-22)10(2)3)11-8-6-5-7-9-11/h5-10H,4,18H2,1-3H3. The van der Waals surface area contributed by atoms with Crippen molar-refractivity contribution in [1.82, 2.24) is 19.8 Å². The van der Waals surface area contributed by atoms with Gasteiger partial charge >= 0.3 is 5.97 Å². The highest BCUT2D eigenvalue weighted by molar-refractivity contribution is 5.93. The third-order valence-corrected chi connectivity index (χ3v) is 3.68. The zero-order valence-electron chi connectivity index (χ0n) is 13.9. The first kappa shape index (κ1) is 15.9. The molecule has 0 saturated carbocycles. The van der Waals surface area contributed by atoms with Gasteiger partial charge in [0.25, 0.3) is 0 Å². The maximum absolute atomic E-state index is 12.0. The fourth-order valence-electron chi connectivity index (χ4n) is 2.57. The minimum absolute atomic E-state index is 0.0261. The fourth-order valence-corrected chi connectivity index (χ4v) is 2.57. The van der Waals surface area contributed by atoms with E-state index in [1.54, 1.807) is 6.92 Å². The molecule has 2 aromatic heterocycles. The molecule has 2 heterocycles. The second kappa shape index (κ2) is 6.27. The van der Waals surface area contributed by atoms with Crippen LogP contribution in [0.15, 0.2) is 30.3 Å². The zero-order valence-corrected chi connectivity index (χ0v) is 13.9. The molecule has 0 aliphatic heterocycles. The molecular formula is C17H19N5O2. The van der Waals surface area contributed by atoms with Crippen LogP contribution in [0, 0.1) is 0 Å². The largest absolute Gasteiger partial charge is 0.461 e. The van der Waals surface area contributed by atoms with E-state index in [0.717, 1.165) is 16.8 Å². The molecule has 7 nitrogen and oxygen atoms in total. The van der Waals surface area contributed by atoms with Crippen LogP contribution in [0.2, 0.25) is 0 Å². The van der Waals surface area contributed by atoms with Crippen molar-refractivity contribution in [2.75, 3.05) is 12.3 Å². The predicted octanol–water partition coefficient (Wildman–Crippen LogP) is 2.67. The number of aromatic nitrogens is 4. The Morgan fingerprint density at radius 1 is 1.25 bits per heavy atom. The van der Waals surface area contributed by atoms with E-state index in [4.69, 9.17) is 10.5 Å². The van der Waals surface area contributed by atoms with Gasteiger partial charge in [0, 0.05) is 0 Å². The summed E-state index contributed by atoms with van der Waals surface area (Å²) in [5, 5.41) is 12.7. The van der Waals surface area contributed by atoms with Gasteiger partial charge < -0.3 is 10.5 Å². The summed E-state index contributed by atoms with van der Waals surface area (Å²) in [6, 6.07) is 9.82. The van der Waals surface area contributed by atoms with Crippen LogP contribution in [0.3, 0.4) is 0 Å². The Hall–Kier alpha value is -2.96. The topological polar surface area (TPSA) is 95.4 Å². The second-order valence-electron chi connectivity index (χ2n) is 5.67. The monoisotopic (exact) mass is 325 g/mol. The van der Waals surface area contributed by atoms with Crippen molar-refractivity contribution in [3.05, 3.63) is 41.7 Å². The Morgan fingerprint density at radius 3 is 2.58 bits per heavy atom. The number of esters is 1. The van der Waals surface area contributed by atoms with Crippen molar-refractivity contribution in [3.63, 3.8) is 0 Å². The molecule has 0 saturated heterocycles. The number of benzene rings is 1. The summed E-state index contributed by atoms with van der Waals surface area (Å²) in [6.45, 7) is 6.05. The Kier molecular flexibility index (Phi) is 4.16. The van der Waals surface area contributed by atoms with Gasteiger partial charge in [-0.2, -0.15) is 9.61 Å². The van der Waals surface area contributed by atoms with Gasteiger partial charge in [-0.1, -0.05) is 44.2 Å². The van der Waals surface area contributed by atoms with Gasteiger partial charge in [0.05, 0.1) is 17.9 Å². The summed E-state index contributed by atoms with van der Waals surface area (Å²) >= 11 is 0. The quantitative estimate of drug-likeness (QED) is 0.741. The van der Waals surface area contributed by atoms with Crippen LogP contribution in [-0.4, -0.2) is 32.4 Å². The van der Waals surface area contributed by atoms with E-state index < -0.39 is 5.97 Å². The summed E-state index contributed by atoms with van der Waals surface area (Å²) in [5.41, 5.74) is 9.31. The lowest BCUT2D eigenvalue weighted by Gasteiger charge is -2.06. The lowest BCUT2D eigenvalue weighted by Crippen LogP contribution is -2.15. The second-order valence-corrected chi connectivity index (χ2v) is 5.67. The number of anilines is 1. The SMILES string of the molecule is CCOC(=O)c1nnc2c(-c3ccccc3)c(C(C)C)nn2c1N. The van der Waals surface area contributed by atoms with Gasteiger partial charge in [0.15, 0.2) is 11.5 Å². The van der Waals surface area contributed by atoms with Crippen molar-refractivity contribution in [3.8, 4) is 11.1 Å². The third-order valence-electron chi connectivity index (χ3n) is 3.68. The van der Waals surface area contributed by atoms with E-state index in [1.807, 2.05) is 44.2 Å². The molecular weight excluding hydrogens is 306 g/mol. The Balaban J connectivity index is 2.27. The van der Waals surface area contributed by atoms with E-state index in [1.165, 1.54) is 4.52 Å². The van der Waals surface area contributed by atoms with E-state index in [0.29, 0.717) is 5.65 Å². The van der Waals surface area contributed by atoms with Gasteiger partial charge in [-0.05, 0) is 18.4 Å². The molecule has 0 bridgehead atoms. The highest BCUT2D eigenvalue weighted by Crippen LogP contribution is 2.32. The van der Waals surface area contributed by atoms with Gasteiger partial charge in [0.2, 0.25) is 5.69 Å². The average molecular weight is 325 g/mol. The summed E-state index contributed by atoms with van der Waals surface area (Å²) in [6.07, 6.45) is 0. The summed E-state index contributed by atoms with van der Waals surface area (Å²) in [4.78, 5) is 12.0. The van der Waals surface area contributed by atoms with Gasteiger partial charge in [0.1, 0.15) is 0 Å². The number of hydrogen-bond acceptors (Lipinski definition) is 6. The molecule has 0 aliphatic rings. The predicted molar refractivity (Wildman–Crippen MR) is 90.7 cm³/mol. The number of nitrogens with zero attached hydrogens (tertiary/aromatic N) is 4. The maximum atomic E-state index is 12.0. The van der Waals surface area contributed by atoms with Crippen LogP contribution in [0.1, 0.15) is 42.9 Å². The van der Waals surface area contributed by atoms with E-state index in [9.17, 15) is 4.79 Å². The van der Waals surface area contributed by atoms with Crippen molar-refractivity contribution < 1.29 is 9.53 Å². The summed E-state index contributed by atoms with van der Waals surface area (Å²) in [7, 11) is 0. The van der Waals surface area contributed by atoms with Crippen molar-refractivity contribution in [2.45, 2.75) is 26.7 Å². The van der Waals surface area contributed by atoms with E-state index >= 15 is 0 Å². The number of ether oxygens (including phenoxy) is 1. The molecule has 124 valence electrons. The van der Waals surface area contributed by atoms with Crippen LogP contribution >= 0.6 is 0 Å². The minimum atomic E-state index is -0.604. The number of nitrogen functional groups attached to an aromatic ring is 1. The average Bonchev–Trinajstić information content (AvgIpc) is 2.97. The normalized spacial score (nSPS) is 11.2. The zero-order chi connectivity index (χ0) is 17.3. The van der Waals surface area contributed by atoms with E-state index in [-0.39, 0.29) is 24.0 Å². The van der Waals surface area contributed by atoms with Gasteiger partial charge in [-0.15, -0.1) is 10.2 Å². The van der Waals surface area contributed by atoms with Crippen molar-refractivity contribution >= 4 is 17.4 Å². The number of rotatable bonds is 4. The molecule has 0 radical (unpaired) electrons. The van der Waals surface area contributed by atoms with Crippen molar-refractivity contribution in [2.24, 2.45) is 0 Å². The smallest absolute Gasteiger partial charge is 0.362 e. The summed E-state index contributed by atoms with van der Waals surface area (Å²) < 4.78 is 6.43. The number of carbonyl (C=O) groups is 1. The van der Waals surface area contributed by atoms with Crippen LogP contribution in [-0.2, 0) is 4.74 Å². The first-order chi connectivity index (χ1) is 11.5. The first-order valence-corrected chi connectivity index (χ1v) is 7.81. The van der Waals surface area contributed by atoms with Crippen LogP contribution in [0.25, 0.3) is 16.8 Å². The minimum Gasteiger partial charge on any atom is -0.461 e. The molecule has 1 aromatic carbocycles. The molecule has 0 amide bonds. The molecule has 0 unspecified atom stereocenters. The number of nitrogens with two attached hydrogens (primary N) is 1. The number of hydrogen-bond donors (Lipinski definition) is 1. The third kappa shape index (κ3) is 2.58. The van der Waals surface area contributed by atoms with E-state index in [2.05, 4.69) is 15.3 Å². The Labute approximate surface area is 139 Å². The Morgan fingerprint density at radius 2 is 1.96 bits per heavy atom. The fraction of sp³-hybridized carbons (Fsp3) is 0.294. The highest BCUT2D eigenvalue weighted by atomic mass is 16.5. The van der Waals surface area contributed by atoms with Crippen LogP contribution in [0.4, 0.5) is 5.82 Å². The molecule has 0 atom stereocenters. The lowest BCUT2D eigenvalue weighted by molar-refractivity contribution is 0.0519. The molecule has 24 heavy (non-hydrogen) atoms. The number of carbonyl (C=O) groups excluding carboxylic acids is 1. The molecule has 3 aromatic rings. The number of fused-ring (bicyclic) bond motifs is 1. The molecule has 2 N–H and O–H groups in total. The van der Waals surface area contributed by atoms with Gasteiger partial charge in [-0.3, -0.25) is 0 Å². The molecule has 0 fully saturated rings. The highest BCUT2D eigenvalue weighted by Gasteiger charge is 2.23. The molecule has 3 rings (SSSR count). The maximum Gasteiger partial charge on any atom is 0.362 e. The Bertz CT molecular complexity index is 887. The summed E-state index contributed by atoms with van der Waals surface area (Å²) in [5.74, 6) is -0.317. The molecule has 0 aliphatic carbocycles. The first-order valence-electron chi connectivity index (χ1n) is 7.81. The van der Waals surface area contributed by atoms with Crippen molar-refractivity contribution in [1.29, 1.82) is 0 Å². The molecule has 7 heteroatoms. The van der Waals surface area contributed by atoms with Crippen LogP contribution in [0.5, 0.6) is 0 Å².